The first-order valence-electron chi connectivity index (χ1n) is 16.0. The fourth-order valence-electron chi connectivity index (χ4n) is 6.30. The summed E-state index contributed by atoms with van der Waals surface area (Å²) >= 11 is 0. The van der Waals surface area contributed by atoms with Gasteiger partial charge in [-0.05, 0) is 92.8 Å². The molecule has 0 spiro atoms. The lowest BCUT2D eigenvalue weighted by atomic mass is 10.1. The van der Waals surface area contributed by atoms with Crippen LogP contribution in [-0.4, -0.2) is 86.6 Å². The largest absolute Gasteiger partial charge is 0.497 e. The number of carbonyl (C=O) groups excluding carboxylic acids is 1. The predicted molar refractivity (Wildman–Crippen MR) is 182 cm³/mol. The van der Waals surface area contributed by atoms with Gasteiger partial charge in [-0.15, -0.1) is 0 Å². The lowest BCUT2D eigenvalue weighted by Crippen LogP contribution is -2.40. The second kappa shape index (κ2) is 14.1. The summed E-state index contributed by atoms with van der Waals surface area (Å²) in [4.78, 5) is 18.2. The van der Waals surface area contributed by atoms with Gasteiger partial charge in [-0.1, -0.05) is 0 Å². The minimum Gasteiger partial charge on any atom is -0.497 e. The minimum absolute atomic E-state index is 0.0293. The number of hydrogen-bond acceptors (Lipinski definition) is 9. The Morgan fingerprint density at radius 1 is 0.723 bits per heavy atom. The molecule has 3 aliphatic heterocycles. The SMILES string of the molecule is COc1ccc(NS(=O)(=O)c2cc(NC(=O)c3cc(S(=O)(=O)N4CCOCC4)ccc3N3CCCCC3)ccc2N2CCCC2)cc1. The van der Waals surface area contributed by atoms with Crippen molar-refractivity contribution in [1.29, 1.82) is 0 Å². The molecule has 0 unspecified atom stereocenters. The zero-order valence-electron chi connectivity index (χ0n) is 26.5. The Labute approximate surface area is 276 Å². The van der Waals surface area contributed by atoms with Gasteiger partial charge in [-0.2, -0.15) is 4.31 Å². The van der Waals surface area contributed by atoms with Crippen molar-refractivity contribution in [2.45, 2.75) is 41.9 Å². The topological polar surface area (TPSA) is 138 Å². The van der Waals surface area contributed by atoms with Crippen molar-refractivity contribution >= 4 is 48.7 Å². The predicted octanol–water partition coefficient (Wildman–Crippen LogP) is 4.36. The third kappa shape index (κ3) is 7.35. The Hall–Kier alpha value is -3.85. The van der Waals surface area contributed by atoms with Crippen LogP contribution in [0, 0.1) is 0 Å². The number of anilines is 4. The highest BCUT2D eigenvalue weighted by Crippen LogP contribution is 2.34. The fourth-order valence-corrected chi connectivity index (χ4v) is 9.04. The van der Waals surface area contributed by atoms with E-state index in [9.17, 15) is 21.6 Å². The van der Waals surface area contributed by atoms with Crippen LogP contribution < -0.4 is 24.6 Å². The van der Waals surface area contributed by atoms with Crippen molar-refractivity contribution < 1.29 is 31.1 Å². The molecular formula is C33H41N5O7S2. The number of carbonyl (C=O) groups is 1. The van der Waals surface area contributed by atoms with Crippen LogP contribution in [0.3, 0.4) is 0 Å². The Morgan fingerprint density at radius 3 is 1.98 bits per heavy atom. The van der Waals surface area contributed by atoms with Crippen LogP contribution in [0.5, 0.6) is 5.75 Å². The maximum absolute atomic E-state index is 14.0. The lowest BCUT2D eigenvalue weighted by Gasteiger charge is -2.31. The van der Waals surface area contributed by atoms with Crippen molar-refractivity contribution in [3.63, 3.8) is 0 Å². The van der Waals surface area contributed by atoms with Gasteiger partial charge >= 0.3 is 0 Å². The zero-order valence-corrected chi connectivity index (χ0v) is 28.1. The van der Waals surface area contributed by atoms with Crippen LogP contribution in [-0.2, 0) is 24.8 Å². The molecule has 0 atom stereocenters. The number of amides is 1. The molecule has 252 valence electrons. The summed E-state index contributed by atoms with van der Waals surface area (Å²) in [6.45, 7) is 4.04. The smallest absolute Gasteiger partial charge is 0.264 e. The minimum atomic E-state index is -4.07. The van der Waals surface area contributed by atoms with Gasteiger partial charge in [0.1, 0.15) is 10.6 Å². The molecule has 3 aliphatic rings. The molecule has 0 radical (unpaired) electrons. The third-order valence-corrected chi connectivity index (χ3v) is 12.1. The number of morpholine rings is 1. The molecule has 0 aromatic heterocycles. The van der Waals surface area contributed by atoms with Gasteiger partial charge in [0.25, 0.3) is 15.9 Å². The molecule has 0 aliphatic carbocycles. The normalized spacial score (nSPS) is 17.8. The number of methoxy groups -OCH3 is 1. The van der Waals surface area contributed by atoms with Crippen LogP contribution >= 0.6 is 0 Å². The van der Waals surface area contributed by atoms with E-state index in [1.807, 2.05) is 4.90 Å². The molecule has 3 heterocycles. The quantitative estimate of drug-likeness (QED) is 0.319. The molecule has 3 fully saturated rings. The fraction of sp³-hybridized carbons (Fsp3) is 0.424. The molecule has 0 saturated carbocycles. The molecule has 0 bridgehead atoms. The highest BCUT2D eigenvalue weighted by molar-refractivity contribution is 7.93. The summed E-state index contributed by atoms with van der Waals surface area (Å²) in [5.74, 6) is 0.0751. The molecule has 3 aromatic carbocycles. The number of sulfonamides is 2. The number of benzene rings is 3. The molecule has 3 saturated heterocycles. The number of rotatable bonds is 10. The van der Waals surface area contributed by atoms with Crippen LogP contribution in [0.4, 0.5) is 22.7 Å². The van der Waals surface area contributed by atoms with Crippen LogP contribution in [0.15, 0.2) is 70.5 Å². The van der Waals surface area contributed by atoms with E-state index in [0.29, 0.717) is 36.0 Å². The Kier molecular flexibility index (Phi) is 9.92. The lowest BCUT2D eigenvalue weighted by molar-refractivity contribution is 0.0730. The van der Waals surface area contributed by atoms with Crippen molar-refractivity contribution in [2.75, 3.05) is 79.4 Å². The monoisotopic (exact) mass is 683 g/mol. The number of nitrogens with one attached hydrogen (secondary N) is 2. The van der Waals surface area contributed by atoms with E-state index < -0.39 is 26.0 Å². The molecule has 6 rings (SSSR count). The summed E-state index contributed by atoms with van der Waals surface area (Å²) in [7, 11) is -6.40. The van der Waals surface area contributed by atoms with E-state index in [-0.39, 0.29) is 34.1 Å². The van der Waals surface area contributed by atoms with Crippen molar-refractivity contribution in [3.05, 3.63) is 66.2 Å². The highest BCUT2D eigenvalue weighted by atomic mass is 32.2. The third-order valence-electron chi connectivity index (χ3n) is 8.81. The van der Waals surface area contributed by atoms with E-state index in [2.05, 4.69) is 14.9 Å². The van der Waals surface area contributed by atoms with Gasteiger partial charge in [0.15, 0.2) is 0 Å². The average Bonchev–Trinajstić information content (AvgIpc) is 3.64. The molecule has 14 heteroatoms. The molecular weight excluding hydrogens is 643 g/mol. The van der Waals surface area contributed by atoms with E-state index in [0.717, 1.165) is 58.3 Å². The van der Waals surface area contributed by atoms with Crippen LogP contribution in [0.1, 0.15) is 42.5 Å². The second-order valence-corrected chi connectivity index (χ2v) is 15.5. The maximum atomic E-state index is 14.0. The second-order valence-electron chi connectivity index (χ2n) is 11.9. The highest BCUT2D eigenvalue weighted by Gasteiger charge is 2.30. The summed E-state index contributed by atoms with van der Waals surface area (Å²) < 4.78 is 69.4. The van der Waals surface area contributed by atoms with E-state index in [4.69, 9.17) is 9.47 Å². The van der Waals surface area contributed by atoms with E-state index in [1.165, 1.54) is 23.5 Å². The standard InChI is InChI=1S/C33H41N5O7S2/c1-44-27-10-7-25(8-11-27)35-46(40,41)32-23-26(9-13-31(32)37-17-5-6-18-37)34-33(39)29-24-28(47(42,43)38-19-21-45-22-20-38)12-14-30(29)36-15-3-2-4-16-36/h7-14,23-24,35H,2-6,15-22H2,1H3,(H,34,39). The van der Waals surface area contributed by atoms with Gasteiger partial charge in [-0.3, -0.25) is 9.52 Å². The Morgan fingerprint density at radius 2 is 1.32 bits per heavy atom. The molecule has 47 heavy (non-hydrogen) atoms. The summed E-state index contributed by atoms with van der Waals surface area (Å²) in [5.41, 5.74) is 2.06. The number of piperidine rings is 1. The van der Waals surface area contributed by atoms with E-state index >= 15 is 0 Å². The van der Waals surface area contributed by atoms with Crippen molar-refractivity contribution in [2.24, 2.45) is 0 Å². The summed E-state index contributed by atoms with van der Waals surface area (Å²) in [6.07, 6.45) is 4.93. The number of ether oxygens (including phenoxy) is 2. The van der Waals surface area contributed by atoms with Gasteiger partial charge < -0.3 is 24.6 Å². The number of nitrogens with zero attached hydrogens (tertiary/aromatic N) is 3. The van der Waals surface area contributed by atoms with Gasteiger partial charge in [0.05, 0.1) is 36.5 Å². The molecule has 3 aromatic rings. The van der Waals surface area contributed by atoms with Crippen LogP contribution in [0.25, 0.3) is 0 Å². The van der Waals surface area contributed by atoms with Crippen molar-refractivity contribution in [1.82, 2.24) is 4.31 Å². The molecule has 12 nitrogen and oxygen atoms in total. The zero-order chi connectivity index (χ0) is 33.0. The first-order chi connectivity index (χ1) is 22.7. The number of hydrogen-bond donors (Lipinski definition) is 2. The summed E-state index contributed by atoms with van der Waals surface area (Å²) in [5, 5.41) is 2.88. The summed E-state index contributed by atoms with van der Waals surface area (Å²) in [6, 6.07) is 16.2. The first-order valence-corrected chi connectivity index (χ1v) is 18.9. The van der Waals surface area contributed by atoms with Gasteiger partial charge in [0.2, 0.25) is 10.0 Å². The average molecular weight is 684 g/mol. The molecule has 1 amide bonds. The first kappa shape index (κ1) is 33.1. The van der Waals surface area contributed by atoms with Crippen LogP contribution in [0.2, 0.25) is 0 Å². The van der Waals surface area contributed by atoms with E-state index in [1.54, 1.807) is 48.5 Å². The maximum Gasteiger partial charge on any atom is 0.264 e. The Balaban J connectivity index is 1.34. The van der Waals surface area contributed by atoms with Gasteiger partial charge in [0, 0.05) is 56.3 Å². The van der Waals surface area contributed by atoms with Gasteiger partial charge in [-0.25, -0.2) is 16.8 Å². The Bertz CT molecular complexity index is 1800. The van der Waals surface area contributed by atoms with Crippen molar-refractivity contribution in [3.8, 4) is 5.75 Å². The molecule has 2 N–H and O–H groups in total.